The molecule has 1 aliphatic heterocycles. The van der Waals surface area contributed by atoms with Gasteiger partial charge in [-0.25, -0.2) is 4.98 Å². The van der Waals surface area contributed by atoms with Crippen LogP contribution in [-0.4, -0.2) is 24.8 Å². The second-order valence-electron chi connectivity index (χ2n) is 2.88. The molecule has 0 amide bonds. The number of ether oxygens (including phenoxy) is 2. The molecular formula is C9H11NO2. The third-order valence-electron chi connectivity index (χ3n) is 1.81. The van der Waals surface area contributed by atoms with E-state index in [4.69, 9.17) is 9.47 Å². The Morgan fingerprint density at radius 1 is 1.50 bits per heavy atom. The van der Waals surface area contributed by atoms with E-state index < -0.39 is 0 Å². The van der Waals surface area contributed by atoms with Crippen molar-refractivity contribution in [1.29, 1.82) is 0 Å². The van der Waals surface area contributed by atoms with Crippen LogP contribution in [0, 0.1) is 5.92 Å². The van der Waals surface area contributed by atoms with Gasteiger partial charge in [0.05, 0.1) is 19.8 Å². The Morgan fingerprint density at radius 3 is 3.00 bits per heavy atom. The molecule has 0 aliphatic carbocycles. The van der Waals surface area contributed by atoms with E-state index in [1.807, 2.05) is 18.2 Å². The quantitative estimate of drug-likeness (QED) is 0.672. The maximum Gasteiger partial charge on any atom is 0.213 e. The Bertz CT molecular complexity index is 234. The molecule has 1 aliphatic rings. The summed E-state index contributed by atoms with van der Waals surface area (Å²) in [5.41, 5.74) is 0. The van der Waals surface area contributed by atoms with Crippen LogP contribution in [0.2, 0.25) is 0 Å². The van der Waals surface area contributed by atoms with Gasteiger partial charge in [-0.05, 0) is 6.07 Å². The molecule has 2 heterocycles. The molecule has 0 unspecified atom stereocenters. The van der Waals surface area contributed by atoms with Gasteiger partial charge in [-0.1, -0.05) is 6.07 Å². The first kappa shape index (κ1) is 7.55. The molecule has 0 spiro atoms. The van der Waals surface area contributed by atoms with E-state index >= 15 is 0 Å². The maximum absolute atomic E-state index is 5.42. The Hall–Kier alpha value is -1.09. The van der Waals surface area contributed by atoms with Crippen molar-refractivity contribution in [2.24, 2.45) is 5.92 Å². The van der Waals surface area contributed by atoms with Gasteiger partial charge in [-0.3, -0.25) is 0 Å². The third kappa shape index (κ3) is 1.74. The molecule has 0 aromatic carbocycles. The Morgan fingerprint density at radius 2 is 2.42 bits per heavy atom. The lowest BCUT2D eigenvalue weighted by Gasteiger charge is -2.25. The van der Waals surface area contributed by atoms with Crippen LogP contribution in [0.15, 0.2) is 24.4 Å². The molecule has 0 N–H and O–H groups in total. The Balaban J connectivity index is 1.79. The fourth-order valence-corrected chi connectivity index (χ4v) is 1.02. The van der Waals surface area contributed by atoms with Gasteiger partial charge in [0.15, 0.2) is 0 Å². The van der Waals surface area contributed by atoms with Crippen LogP contribution in [0.25, 0.3) is 0 Å². The fourth-order valence-electron chi connectivity index (χ4n) is 1.02. The predicted octanol–water partition coefficient (Wildman–Crippen LogP) is 1.11. The van der Waals surface area contributed by atoms with Crippen molar-refractivity contribution in [3.05, 3.63) is 24.4 Å². The predicted molar refractivity (Wildman–Crippen MR) is 44.0 cm³/mol. The molecule has 3 nitrogen and oxygen atoms in total. The summed E-state index contributed by atoms with van der Waals surface area (Å²) < 4.78 is 10.4. The zero-order chi connectivity index (χ0) is 8.23. The topological polar surface area (TPSA) is 31.4 Å². The molecule has 0 bridgehead atoms. The summed E-state index contributed by atoms with van der Waals surface area (Å²) in [7, 11) is 0. The summed E-state index contributed by atoms with van der Waals surface area (Å²) in [6.07, 6.45) is 1.73. The van der Waals surface area contributed by atoms with E-state index in [2.05, 4.69) is 4.98 Å². The lowest BCUT2D eigenvalue weighted by Crippen LogP contribution is -2.32. The SMILES string of the molecule is c1ccc(OCC2COC2)nc1. The average molecular weight is 165 g/mol. The lowest BCUT2D eigenvalue weighted by molar-refractivity contribution is -0.0514. The minimum atomic E-state index is 0.562. The van der Waals surface area contributed by atoms with Crippen molar-refractivity contribution in [1.82, 2.24) is 4.98 Å². The number of nitrogens with zero attached hydrogens (tertiary/aromatic N) is 1. The van der Waals surface area contributed by atoms with Crippen LogP contribution in [-0.2, 0) is 4.74 Å². The largest absolute Gasteiger partial charge is 0.477 e. The van der Waals surface area contributed by atoms with Crippen LogP contribution in [0.5, 0.6) is 5.88 Å². The van der Waals surface area contributed by atoms with E-state index in [-0.39, 0.29) is 0 Å². The first-order valence-corrected chi connectivity index (χ1v) is 4.07. The van der Waals surface area contributed by atoms with Crippen molar-refractivity contribution >= 4 is 0 Å². The van der Waals surface area contributed by atoms with E-state index in [9.17, 15) is 0 Å². The molecule has 0 saturated carbocycles. The number of hydrogen-bond donors (Lipinski definition) is 0. The van der Waals surface area contributed by atoms with Gasteiger partial charge in [-0.2, -0.15) is 0 Å². The third-order valence-corrected chi connectivity index (χ3v) is 1.81. The molecule has 0 atom stereocenters. The van der Waals surface area contributed by atoms with Crippen molar-refractivity contribution in [3.8, 4) is 5.88 Å². The van der Waals surface area contributed by atoms with E-state index in [0.717, 1.165) is 19.8 Å². The smallest absolute Gasteiger partial charge is 0.213 e. The normalized spacial score (nSPS) is 17.0. The number of pyridine rings is 1. The summed E-state index contributed by atoms with van der Waals surface area (Å²) in [6, 6.07) is 5.65. The van der Waals surface area contributed by atoms with E-state index in [1.54, 1.807) is 6.20 Å². The van der Waals surface area contributed by atoms with Crippen molar-refractivity contribution in [2.75, 3.05) is 19.8 Å². The zero-order valence-corrected chi connectivity index (χ0v) is 6.77. The van der Waals surface area contributed by atoms with Gasteiger partial charge in [0, 0.05) is 18.2 Å². The number of rotatable bonds is 3. The van der Waals surface area contributed by atoms with Gasteiger partial charge in [-0.15, -0.1) is 0 Å². The fraction of sp³-hybridized carbons (Fsp3) is 0.444. The first-order chi connectivity index (χ1) is 5.95. The van der Waals surface area contributed by atoms with Crippen molar-refractivity contribution < 1.29 is 9.47 Å². The minimum Gasteiger partial charge on any atom is -0.477 e. The van der Waals surface area contributed by atoms with Gasteiger partial charge < -0.3 is 9.47 Å². The molecule has 1 aromatic rings. The maximum atomic E-state index is 5.42. The summed E-state index contributed by atoms with van der Waals surface area (Å²) in [5, 5.41) is 0. The summed E-state index contributed by atoms with van der Waals surface area (Å²) in [5.74, 6) is 1.26. The Kier molecular flexibility index (Phi) is 2.23. The molecule has 2 rings (SSSR count). The zero-order valence-electron chi connectivity index (χ0n) is 6.77. The number of hydrogen-bond acceptors (Lipinski definition) is 3. The van der Waals surface area contributed by atoms with Crippen molar-refractivity contribution in [3.63, 3.8) is 0 Å². The van der Waals surface area contributed by atoms with Crippen molar-refractivity contribution in [2.45, 2.75) is 0 Å². The summed E-state index contributed by atoms with van der Waals surface area (Å²) in [4.78, 5) is 4.05. The molecule has 3 heteroatoms. The number of aromatic nitrogens is 1. The Labute approximate surface area is 71.3 Å². The average Bonchev–Trinajstić information content (AvgIpc) is 2.04. The highest BCUT2D eigenvalue weighted by atomic mass is 16.5. The molecule has 1 aromatic heterocycles. The second-order valence-corrected chi connectivity index (χ2v) is 2.88. The van der Waals surface area contributed by atoms with E-state index in [1.165, 1.54) is 0 Å². The molecular weight excluding hydrogens is 154 g/mol. The highest BCUT2D eigenvalue weighted by Gasteiger charge is 2.18. The molecule has 12 heavy (non-hydrogen) atoms. The van der Waals surface area contributed by atoms with Crippen LogP contribution in [0.4, 0.5) is 0 Å². The molecule has 0 radical (unpaired) electrons. The summed E-state index contributed by atoms with van der Waals surface area (Å²) >= 11 is 0. The standard InChI is InChI=1S/C9H11NO2/c1-2-4-10-9(3-1)12-7-8-5-11-6-8/h1-4,8H,5-7H2. The van der Waals surface area contributed by atoms with Crippen LogP contribution < -0.4 is 4.74 Å². The lowest BCUT2D eigenvalue weighted by atomic mass is 10.1. The monoisotopic (exact) mass is 165 g/mol. The first-order valence-electron chi connectivity index (χ1n) is 4.07. The van der Waals surface area contributed by atoms with Crippen LogP contribution in [0.1, 0.15) is 0 Å². The van der Waals surface area contributed by atoms with Gasteiger partial charge in [0.1, 0.15) is 0 Å². The van der Waals surface area contributed by atoms with Crippen LogP contribution >= 0.6 is 0 Å². The highest BCUT2D eigenvalue weighted by Crippen LogP contribution is 2.12. The molecule has 1 saturated heterocycles. The van der Waals surface area contributed by atoms with Crippen LogP contribution in [0.3, 0.4) is 0 Å². The second kappa shape index (κ2) is 3.54. The minimum absolute atomic E-state index is 0.562. The van der Waals surface area contributed by atoms with E-state index in [0.29, 0.717) is 11.8 Å². The van der Waals surface area contributed by atoms with Gasteiger partial charge in [0.2, 0.25) is 5.88 Å². The highest BCUT2D eigenvalue weighted by molar-refractivity contribution is 5.09. The van der Waals surface area contributed by atoms with Gasteiger partial charge >= 0.3 is 0 Å². The van der Waals surface area contributed by atoms with Gasteiger partial charge in [0.25, 0.3) is 0 Å². The summed E-state index contributed by atoms with van der Waals surface area (Å²) in [6.45, 7) is 2.37. The molecule has 64 valence electrons. The molecule has 1 fully saturated rings.